The van der Waals surface area contributed by atoms with Gasteiger partial charge in [-0.3, -0.25) is 0 Å². The lowest BCUT2D eigenvalue weighted by Crippen LogP contribution is -2.04. The van der Waals surface area contributed by atoms with Crippen LogP contribution in [0.4, 0.5) is 19.5 Å². The molecule has 0 amide bonds. The molecule has 0 fully saturated rings. The first-order valence-corrected chi connectivity index (χ1v) is 6.10. The Morgan fingerprint density at radius 2 is 2.05 bits per heavy atom. The zero-order chi connectivity index (χ0) is 14.2. The van der Waals surface area contributed by atoms with Gasteiger partial charge >= 0.3 is 5.97 Å². The highest BCUT2D eigenvalue weighted by atomic mass is 32.1. The number of carboxylic acids is 1. The molecule has 0 spiro atoms. The van der Waals surface area contributed by atoms with E-state index < -0.39 is 17.6 Å². The molecule has 100 valence electrons. The van der Waals surface area contributed by atoms with Crippen molar-refractivity contribution in [3.63, 3.8) is 0 Å². The van der Waals surface area contributed by atoms with Crippen LogP contribution in [-0.4, -0.2) is 15.4 Å². The molecule has 0 saturated heterocycles. The molecule has 4 nitrogen and oxygen atoms in total. The number of halogens is 2. The number of nitrogens with zero attached hydrogens (tertiary/aromatic N) is 1. The molecular formula is C12H10F2N2O2S. The third kappa shape index (κ3) is 2.41. The number of rotatable bonds is 3. The highest BCUT2D eigenvalue weighted by Crippen LogP contribution is 2.31. The topological polar surface area (TPSA) is 62.2 Å². The second-order valence-corrected chi connectivity index (χ2v) is 4.73. The third-order valence-electron chi connectivity index (χ3n) is 2.60. The van der Waals surface area contributed by atoms with Gasteiger partial charge in [0.15, 0.2) is 5.82 Å². The van der Waals surface area contributed by atoms with Gasteiger partial charge in [-0.15, -0.1) is 0 Å². The van der Waals surface area contributed by atoms with Crippen LogP contribution >= 0.6 is 11.5 Å². The van der Waals surface area contributed by atoms with E-state index in [4.69, 9.17) is 5.11 Å². The molecule has 0 aliphatic rings. The van der Waals surface area contributed by atoms with E-state index >= 15 is 0 Å². The summed E-state index contributed by atoms with van der Waals surface area (Å²) in [6, 6.07) is 2.43. The highest BCUT2D eigenvalue weighted by molar-refractivity contribution is 7.10. The van der Waals surface area contributed by atoms with E-state index in [9.17, 15) is 13.6 Å². The first-order valence-electron chi connectivity index (χ1n) is 5.33. The Labute approximate surface area is 111 Å². The van der Waals surface area contributed by atoms with E-state index in [1.54, 1.807) is 0 Å². The maximum Gasteiger partial charge on any atom is 0.340 e. The first-order chi connectivity index (χ1) is 8.91. The lowest BCUT2D eigenvalue weighted by atomic mass is 10.2. The number of benzene rings is 1. The van der Waals surface area contributed by atoms with Crippen LogP contribution in [0.1, 0.15) is 21.6 Å². The molecule has 0 saturated carbocycles. The first kappa shape index (κ1) is 13.4. The fraction of sp³-hybridized carbons (Fsp3) is 0.167. The van der Waals surface area contributed by atoms with Gasteiger partial charge in [0, 0.05) is 0 Å². The summed E-state index contributed by atoms with van der Waals surface area (Å²) < 4.78 is 31.3. The molecule has 2 aromatic rings. The van der Waals surface area contributed by atoms with Crippen LogP contribution in [0.15, 0.2) is 12.1 Å². The van der Waals surface area contributed by atoms with Crippen molar-refractivity contribution in [2.45, 2.75) is 13.8 Å². The van der Waals surface area contributed by atoms with Crippen LogP contribution in [0, 0.1) is 25.5 Å². The van der Waals surface area contributed by atoms with Crippen molar-refractivity contribution in [1.82, 2.24) is 4.37 Å². The number of aromatic nitrogens is 1. The van der Waals surface area contributed by atoms with Gasteiger partial charge in [-0.05, 0) is 37.0 Å². The summed E-state index contributed by atoms with van der Waals surface area (Å²) in [6.45, 7) is 3.02. The van der Waals surface area contributed by atoms with Crippen LogP contribution in [0.5, 0.6) is 0 Å². The zero-order valence-corrected chi connectivity index (χ0v) is 10.9. The zero-order valence-electron chi connectivity index (χ0n) is 10.1. The number of carbonyl (C=O) groups is 1. The predicted molar refractivity (Wildman–Crippen MR) is 68.2 cm³/mol. The summed E-state index contributed by atoms with van der Waals surface area (Å²) in [4.78, 5) is 11.1. The third-order valence-corrected chi connectivity index (χ3v) is 3.45. The second-order valence-electron chi connectivity index (χ2n) is 3.96. The quantitative estimate of drug-likeness (QED) is 0.905. The van der Waals surface area contributed by atoms with Crippen molar-refractivity contribution in [3.8, 4) is 0 Å². The molecule has 2 N–H and O–H groups in total. The lowest BCUT2D eigenvalue weighted by molar-refractivity contribution is 0.0697. The maximum absolute atomic E-state index is 13.8. The van der Waals surface area contributed by atoms with Gasteiger partial charge in [-0.1, -0.05) is 6.07 Å². The van der Waals surface area contributed by atoms with Crippen molar-refractivity contribution in [2.24, 2.45) is 0 Å². The van der Waals surface area contributed by atoms with Gasteiger partial charge in [0.25, 0.3) is 0 Å². The van der Waals surface area contributed by atoms with E-state index in [0.29, 0.717) is 5.69 Å². The molecule has 1 heterocycles. The summed E-state index contributed by atoms with van der Waals surface area (Å²) in [5.41, 5.74) is 0.118. The molecule has 1 aromatic carbocycles. The van der Waals surface area contributed by atoms with Crippen molar-refractivity contribution in [3.05, 3.63) is 40.6 Å². The largest absolute Gasteiger partial charge is 0.478 e. The fourth-order valence-electron chi connectivity index (χ4n) is 1.59. The average molecular weight is 284 g/mol. The monoisotopic (exact) mass is 284 g/mol. The van der Waals surface area contributed by atoms with Crippen molar-refractivity contribution >= 4 is 28.2 Å². The smallest absolute Gasteiger partial charge is 0.340 e. The number of carboxylic acid groups (broad SMARTS) is 1. The number of hydrogen-bond acceptors (Lipinski definition) is 4. The highest BCUT2D eigenvalue weighted by Gasteiger charge is 2.20. The Hall–Kier alpha value is -2.02. The summed E-state index contributed by atoms with van der Waals surface area (Å²) in [7, 11) is 0. The van der Waals surface area contributed by atoms with E-state index in [1.807, 2.05) is 0 Å². The predicted octanol–water partition coefficient (Wildman–Crippen LogP) is 3.48. The summed E-state index contributed by atoms with van der Waals surface area (Å²) in [5.74, 6) is -2.73. The number of anilines is 2. The van der Waals surface area contributed by atoms with Crippen molar-refractivity contribution in [1.29, 1.82) is 0 Å². The SMILES string of the molecule is Cc1ccc(F)c(Nc2snc(C)c2C(=O)O)c1F. The maximum atomic E-state index is 13.8. The molecule has 0 bridgehead atoms. The van der Waals surface area contributed by atoms with Gasteiger partial charge in [0.1, 0.15) is 22.1 Å². The normalized spacial score (nSPS) is 10.5. The lowest BCUT2D eigenvalue weighted by Gasteiger charge is -2.09. The van der Waals surface area contributed by atoms with Crippen LogP contribution < -0.4 is 5.32 Å². The Morgan fingerprint density at radius 3 is 2.68 bits per heavy atom. The standard InChI is InChI=1S/C12H10F2N2O2S/c1-5-3-4-7(13)10(9(5)14)15-11-8(12(17)18)6(2)16-19-11/h3-4,15H,1-2H3,(H,17,18). The Bertz CT molecular complexity index is 655. The second kappa shape index (κ2) is 4.93. The molecule has 0 radical (unpaired) electrons. The minimum absolute atomic E-state index is 0.0784. The summed E-state index contributed by atoms with van der Waals surface area (Å²) in [6.07, 6.45) is 0. The van der Waals surface area contributed by atoms with Crippen molar-refractivity contribution < 1.29 is 18.7 Å². The number of nitrogens with one attached hydrogen (secondary N) is 1. The number of aryl methyl sites for hydroxylation is 2. The summed E-state index contributed by atoms with van der Waals surface area (Å²) in [5, 5.41) is 11.6. The minimum Gasteiger partial charge on any atom is -0.478 e. The van der Waals surface area contributed by atoms with Crippen LogP contribution in [-0.2, 0) is 0 Å². The molecule has 0 aliphatic carbocycles. The molecule has 0 unspecified atom stereocenters. The Kier molecular flexibility index (Phi) is 3.48. The van der Waals surface area contributed by atoms with E-state index in [1.165, 1.54) is 19.9 Å². The van der Waals surface area contributed by atoms with Crippen LogP contribution in [0.3, 0.4) is 0 Å². The molecule has 2 rings (SSSR count). The van der Waals surface area contributed by atoms with E-state index in [0.717, 1.165) is 17.6 Å². The molecule has 0 atom stereocenters. The fourth-order valence-corrected chi connectivity index (χ4v) is 2.39. The molecule has 0 aliphatic heterocycles. The molecule has 1 aromatic heterocycles. The summed E-state index contributed by atoms with van der Waals surface area (Å²) >= 11 is 0.847. The van der Waals surface area contributed by atoms with E-state index in [2.05, 4.69) is 9.69 Å². The van der Waals surface area contributed by atoms with Gasteiger partial charge in [0.05, 0.1) is 5.69 Å². The van der Waals surface area contributed by atoms with E-state index in [-0.39, 0.29) is 21.8 Å². The van der Waals surface area contributed by atoms with Gasteiger partial charge in [-0.25, -0.2) is 13.6 Å². The van der Waals surface area contributed by atoms with Crippen molar-refractivity contribution in [2.75, 3.05) is 5.32 Å². The average Bonchev–Trinajstić information content (AvgIpc) is 2.71. The van der Waals surface area contributed by atoms with Crippen LogP contribution in [0.2, 0.25) is 0 Å². The number of aromatic carboxylic acids is 1. The van der Waals surface area contributed by atoms with Gasteiger partial charge in [-0.2, -0.15) is 4.37 Å². The van der Waals surface area contributed by atoms with Gasteiger partial charge in [0.2, 0.25) is 0 Å². The number of hydrogen-bond donors (Lipinski definition) is 2. The molecule has 19 heavy (non-hydrogen) atoms. The Morgan fingerprint density at radius 1 is 1.37 bits per heavy atom. The van der Waals surface area contributed by atoms with Gasteiger partial charge < -0.3 is 10.4 Å². The van der Waals surface area contributed by atoms with Crippen LogP contribution in [0.25, 0.3) is 0 Å². The Balaban J connectivity index is 2.48. The molecule has 7 heteroatoms. The minimum atomic E-state index is -1.19. The molecular weight excluding hydrogens is 274 g/mol.